The van der Waals surface area contributed by atoms with Crippen LogP contribution in [0.2, 0.25) is 10.0 Å². The summed E-state index contributed by atoms with van der Waals surface area (Å²) in [5.74, 6) is 0.358. The minimum atomic E-state index is -4.06. The molecule has 0 aromatic heterocycles. The molecule has 0 heterocycles. The van der Waals surface area contributed by atoms with Crippen molar-refractivity contribution in [2.75, 3.05) is 10.0 Å². The summed E-state index contributed by atoms with van der Waals surface area (Å²) < 4.78 is 34.8. The quantitative estimate of drug-likeness (QED) is 0.177. The molecule has 0 spiro atoms. The van der Waals surface area contributed by atoms with Crippen molar-refractivity contribution in [1.29, 1.82) is 0 Å². The highest BCUT2D eigenvalue weighted by Gasteiger charge is 2.20. The van der Waals surface area contributed by atoms with E-state index in [0.717, 1.165) is 11.1 Å². The van der Waals surface area contributed by atoms with E-state index < -0.39 is 15.9 Å². The number of ether oxygens (including phenoxy) is 1. The fraction of sp³-hybridized carbons (Fsp3) is 0.0312. The highest BCUT2D eigenvalue weighted by atomic mass is 35.5. The van der Waals surface area contributed by atoms with E-state index in [1.807, 2.05) is 48.5 Å². The number of amides is 1. The SMILES string of the molecule is O=C(Nc1ccccc1Cc1ccccc1)c1cc(Cl)ccc1NS(=O)(=O)c1ccc(Oc2ccccc2Cl)cc1. The van der Waals surface area contributed by atoms with Gasteiger partial charge in [-0.25, -0.2) is 8.42 Å². The van der Waals surface area contributed by atoms with Crippen molar-refractivity contribution in [2.24, 2.45) is 0 Å². The van der Waals surface area contributed by atoms with Crippen LogP contribution >= 0.6 is 23.2 Å². The van der Waals surface area contributed by atoms with E-state index in [4.69, 9.17) is 27.9 Å². The van der Waals surface area contributed by atoms with E-state index in [0.29, 0.717) is 28.6 Å². The Kier molecular flexibility index (Phi) is 8.59. The van der Waals surface area contributed by atoms with Gasteiger partial charge in [0.1, 0.15) is 11.5 Å². The zero-order valence-electron chi connectivity index (χ0n) is 21.6. The maximum Gasteiger partial charge on any atom is 0.261 e. The van der Waals surface area contributed by atoms with Gasteiger partial charge in [0.2, 0.25) is 0 Å². The second-order valence-corrected chi connectivity index (χ2v) is 11.6. The Morgan fingerprint density at radius 1 is 0.732 bits per heavy atom. The van der Waals surface area contributed by atoms with E-state index in [-0.39, 0.29) is 21.2 Å². The monoisotopic (exact) mass is 602 g/mol. The van der Waals surface area contributed by atoms with Crippen molar-refractivity contribution in [3.05, 3.63) is 148 Å². The minimum absolute atomic E-state index is 0.0153. The number of rotatable bonds is 9. The molecule has 5 aromatic carbocycles. The van der Waals surface area contributed by atoms with Crippen LogP contribution in [0.4, 0.5) is 11.4 Å². The second-order valence-electron chi connectivity index (χ2n) is 9.07. The van der Waals surface area contributed by atoms with Crippen LogP contribution in [-0.2, 0) is 16.4 Å². The van der Waals surface area contributed by atoms with Gasteiger partial charge in [-0.15, -0.1) is 0 Å². The second kappa shape index (κ2) is 12.5. The van der Waals surface area contributed by atoms with Crippen LogP contribution in [0.1, 0.15) is 21.5 Å². The van der Waals surface area contributed by atoms with Gasteiger partial charge in [-0.1, -0.05) is 83.9 Å². The Balaban J connectivity index is 1.35. The van der Waals surface area contributed by atoms with Gasteiger partial charge < -0.3 is 10.1 Å². The molecule has 0 aliphatic rings. The van der Waals surface area contributed by atoms with E-state index in [1.54, 1.807) is 30.3 Å². The van der Waals surface area contributed by atoms with Crippen LogP contribution in [-0.4, -0.2) is 14.3 Å². The number of hydrogen-bond donors (Lipinski definition) is 2. The summed E-state index contributed by atoms with van der Waals surface area (Å²) in [7, 11) is -4.06. The summed E-state index contributed by atoms with van der Waals surface area (Å²) in [6, 6.07) is 34.6. The zero-order valence-corrected chi connectivity index (χ0v) is 23.9. The maximum atomic E-state index is 13.4. The molecule has 2 N–H and O–H groups in total. The normalized spacial score (nSPS) is 11.1. The molecular weight excluding hydrogens is 579 g/mol. The molecule has 5 rings (SSSR count). The summed E-state index contributed by atoms with van der Waals surface area (Å²) in [6.45, 7) is 0. The van der Waals surface area contributed by atoms with Crippen molar-refractivity contribution in [3.63, 3.8) is 0 Å². The average molecular weight is 604 g/mol. The predicted octanol–water partition coefficient (Wildman–Crippen LogP) is 8.43. The molecule has 6 nitrogen and oxygen atoms in total. The van der Waals surface area contributed by atoms with Gasteiger partial charge in [-0.2, -0.15) is 0 Å². The minimum Gasteiger partial charge on any atom is -0.456 e. The van der Waals surface area contributed by atoms with Crippen LogP contribution in [0.5, 0.6) is 11.5 Å². The Morgan fingerprint density at radius 2 is 1.41 bits per heavy atom. The molecule has 1 amide bonds. The molecule has 0 atom stereocenters. The van der Waals surface area contributed by atoms with E-state index in [2.05, 4.69) is 10.0 Å². The molecule has 41 heavy (non-hydrogen) atoms. The average Bonchev–Trinajstić information content (AvgIpc) is 2.97. The molecule has 0 unspecified atom stereocenters. The van der Waals surface area contributed by atoms with Crippen molar-refractivity contribution in [2.45, 2.75) is 11.3 Å². The lowest BCUT2D eigenvalue weighted by atomic mass is 10.0. The fourth-order valence-electron chi connectivity index (χ4n) is 4.14. The summed E-state index contributed by atoms with van der Waals surface area (Å²) in [6.07, 6.45) is 0.614. The van der Waals surface area contributed by atoms with Gasteiger partial charge in [0.15, 0.2) is 0 Å². The van der Waals surface area contributed by atoms with Gasteiger partial charge in [0.25, 0.3) is 15.9 Å². The first-order valence-electron chi connectivity index (χ1n) is 12.6. The standard InChI is InChI=1S/C32H24Cl2N2O4S/c33-24-14-19-30(36-41(38,39)26-17-15-25(16-18-26)40-31-13-7-5-11-28(31)34)27(21-24)32(37)35-29-12-6-4-10-23(29)20-22-8-2-1-3-9-22/h1-19,21,36H,20H2,(H,35,37). The number of carbonyl (C=O) groups excluding carboxylic acids is 1. The van der Waals surface area contributed by atoms with Crippen LogP contribution in [0, 0.1) is 0 Å². The lowest BCUT2D eigenvalue weighted by molar-refractivity contribution is 0.102. The lowest BCUT2D eigenvalue weighted by Gasteiger charge is -2.15. The molecule has 0 aliphatic heterocycles. The summed E-state index contributed by atoms with van der Waals surface area (Å²) in [5, 5.41) is 3.64. The highest BCUT2D eigenvalue weighted by molar-refractivity contribution is 7.92. The van der Waals surface area contributed by atoms with E-state index in [9.17, 15) is 13.2 Å². The number of para-hydroxylation sites is 2. The van der Waals surface area contributed by atoms with E-state index >= 15 is 0 Å². The summed E-state index contributed by atoms with van der Waals surface area (Å²) in [4.78, 5) is 13.4. The van der Waals surface area contributed by atoms with Crippen LogP contribution in [0.15, 0.2) is 126 Å². The van der Waals surface area contributed by atoms with Crippen molar-refractivity contribution in [1.82, 2.24) is 0 Å². The van der Waals surface area contributed by atoms with Gasteiger partial charge in [0, 0.05) is 10.7 Å². The summed E-state index contributed by atoms with van der Waals surface area (Å²) >= 11 is 12.3. The lowest BCUT2D eigenvalue weighted by Crippen LogP contribution is -2.19. The number of benzene rings is 5. The van der Waals surface area contributed by atoms with Gasteiger partial charge in [-0.3, -0.25) is 9.52 Å². The fourth-order valence-corrected chi connectivity index (χ4v) is 5.57. The third-order valence-corrected chi connectivity index (χ3v) is 8.10. The first kappa shape index (κ1) is 28.2. The molecule has 0 aliphatic carbocycles. The highest BCUT2D eigenvalue weighted by Crippen LogP contribution is 2.30. The first-order chi connectivity index (χ1) is 19.8. The third kappa shape index (κ3) is 7.08. The molecule has 5 aromatic rings. The van der Waals surface area contributed by atoms with E-state index in [1.165, 1.54) is 42.5 Å². The smallest absolute Gasteiger partial charge is 0.261 e. The van der Waals surface area contributed by atoms with Crippen molar-refractivity contribution >= 4 is 50.5 Å². The molecule has 0 saturated carbocycles. The molecule has 0 saturated heterocycles. The Labute approximate surface area is 248 Å². The number of carbonyl (C=O) groups is 1. The van der Waals surface area contributed by atoms with Crippen molar-refractivity contribution in [3.8, 4) is 11.5 Å². The Morgan fingerprint density at radius 3 is 2.17 bits per heavy atom. The van der Waals surface area contributed by atoms with Crippen LogP contribution < -0.4 is 14.8 Å². The molecule has 0 bridgehead atoms. The summed E-state index contributed by atoms with van der Waals surface area (Å²) in [5.41, 5.74) is 2.78. The van der Waals surface area contributed by atoms with Crippen LogP contribution in [0.3, 0.4) is 0 Å². The Bertz CT molecular complexity index is 1800. The molecule has 0 fully saturated rings. The first-order valence-corrected chi connectivity index (χ1v) is 14.8. The molecular formula is C32H24Cl2N2O4S. The molecule has 0 radical (unpaired) electrons. The number of sulfonamides is 1. The Hall–Kier alpha value is -4.30. The van der Waals surface area contributed by atoms with Gasteiger partial charge in [0.05, 0.1) is 21.2 Å². The largest absolute Gasteiger partial charge is 0.456 e. The molecule has 9 heteroatoms. The third-order valence-electron chi connectivity index (χ3n) is 6.17. The maximum absolute atomic E-state index is 13.4. The van der Waals surface area contributed by atoms with Gasteiger partial charge >= 0.3 is 0 Å². The topological polar surface area (TPSA) is 84.5 Å². The zero-order chi connectivity index (χ0) is 28.8. The number of hydrogen-bond acceptors (Lipinski definition) is 4. The molecule has 206 valence electrons. The number of nitrogens with one attached hydrogen (secondary N) is 2. The van der Waals surface area contributed by atoms with Gasteiger partial charge in [-0.05, 0) is 78.2 Å². The number of anilines is 2. The number of halogens is 2. The van der Waals surface area contributed by atoms with Crippen molar-refractivity contribution < 1.29 is 17.9 Å². The van der Waals surface area contributed by atoms with Crippen LogP contribution in [0.25, 0.3) is 0 Å². The predicted molar refractivity (Wildman–Crippen MR) is 164 cm³/mol.